The molecule has 2 aliphatic heterocycles. The lowest BCUT2D eigenvalue weighted by atomic mass is 10.1. The lowest BCUT2D eigenvalue weighted by Crippen LogP contribution is -2.25. The minimum Gasteiger partial charge on any atom is -0.461 e. The molecule has 0 spiro atoms. The molecule has 0 bridgehead atoms. The Kier molecular flexibility index (Phi) is 3.73. The average Bonchev–Trinajstić information content (AvgIpc) is 3.59. The van der Waals surface area contributed by atoms with E-state index in [4.69, 9.17) is 17.7 Å². The van der Waals surface area contributed by atoms with Gasteiger partial charge in [0.1, 0.15) is 11.4 Å². The van der Waals surface area contributed by atoms with E-state index in [1.807, 2.05) is 0 Å². The van der Waals surface area contributed by atoms with Crippen molar-refractivity contribution in [2.45, 2.75) is 0 Å². The van der Waals surface area contributed by atoms with Gasteiger partial charge in [0.15, 0.2) is 34.6 Å². The van der Waals surface area contributed by atoms with Crippen LogP contribution in [0, 0.1) is 0 Å². The number of likely N-dealkylation sites (N-methyl/N-ethyl adjacent to an activating group) is 2. The Balaban J connectivity index is 1.50. The number of carbonyl (C=O) groups excluding carboxylic acids is 2. The summed E-state index contributed by atoms with van der Waals surface area (Å²) < 4.78 is 22.6. The Morgan fingerprint density at radius 3 is 1.34 bits per heavy atom. The van der Waals surface area contributed by atoms with Gasteiger partial charge in [-0.3, -0.25) is 9.59 Å². The summed E-state index contributed by atoms with van der Waals surface area (Å²) in [5.74, 6) is 2.30. The van der Waals surface area contributed by atoms with Crippen molar-refractivity contribution >= 4 is 23.2 Å². The summed E-state index contributed by atoms with van der Waals surface area (Å²) in [6.45, 7) is 0. The van der Waals surface area contributed by atoms with E-state index in [0.717, 1.165) is 0 Å². The Hall–Kier alpha value is -4.46. The van der Waals surface area contributed by atoms with Crippen molar-refractivity contribution in [1.29, 1.82) is 0 Å². The van der Waals surface area contributed by atoms with E-state index >= 15 is 0 Å². The predicted octanol–water partition coefficient (Wildman–Crippen LogP) is 4.46. The second-order valence-electron chi connectivity index (χ2n) is 7.46. The van der Waals surface area contributed by atoms with E-state index < -0.39 is 0 Å². The molecule has 2 aliphatic rings. The van der Waals surface area contributed by atoms with Crippen LogP contribution >= 0.6 is 0 Å². The predicted molar refractivity (Wildman–Crippen MR) is 112 cm³/mol. The monoisotopic (exact) mass is 428 g/mol. The summed E-state index contributed by atoms with van der Waals surface area (Å²) in [6.07, 6.45) is 3.10. The molecule has 0 aliphatic carbocycles. The summed E-state index contributed by atoms with van der Waals surface area (Å²) in [5.41, 5.74) is 1.39. The number of amides is 2. The molecule has 0 fully saturated rings. The highest BCUT2D eigenvalue weighted by Gasteiger charge is 2.48. The minimum absolute atomic E-state index is 0.284. The van der Waals surface area contributed by atoms with Gasteiger partial charge in [-0.25, -0.2) is 0 Å². The van der Waals surface area contributed by atoms with Gasteiger partial charge in [-0.15, -0.1) is 0 Å². The topological polar surface area (TPSA) is 93.2 Å². The lowest BCUT2D eigenvalue weighted by molar-refractivity contribution is -0.123. The molecule has 0 saturated carbocycles. The summed E-state index contributed by atoms with van der Waals surface area (Å²) in [5, 5.41) is 0. The van der Waals surface area contributed by atoms with E-state index in [2.05, 4.69) is 0 Å². The van der Waals surface area contributed by atoms with Crippen LogP contribution in [0.15, 0.2) is 89.9 Å². The number of nitrogens with zero attached hydrogens (tertiary/aromatic N) is 2. The van der Waals surface area contributed by atoms with Gasteiger partial charge in [-0.1, -0.05) is 0 Å². The second kappa shape index (κ2) is 6.52. The third-order valence-corrected chi connectivity index (χ3v) is 5.64. The molecule has 158 valence electrons. The van der Waals surface area contributed by atoms with Gasteiger partial charge in [0.25, 0.3) is 11.8 Å². The van der Waals surface area contributed by atoms with Crippen molar-refractivity contribution < 1.29 is 27.3 Å². The number of rotatable bonds is 4. The number of furan rings is 4. The maximum Gasteiger partial charge on any atom is 0.261 e. The number of hydrogen-bond acceptors (Lipinski definition) is 6. The summed E-state index contributed by atoms with van der Waals surface area (Å²) >= 11 is 0. The van der Waals surface area contributed by atoms with Gasteiger partial charge in [0.2, 0.25) is 0 Å². The highest BCUT2D eigenvalue weighted by Crippen LogP contribution is 2.46. The SMILES string of the molecule is CN1C(=O)C2=C(c3ccc(-c4ccco4)o3)N(C)C(=O)C2=C1c1ccc(-c2ccco2)o1. The Morgan fingerprint density at radius 2 is 0.969 bits per heavy atom. The molecular formula is C24H16N2O6. The molecular weight excluding hydrogens is 412 g/mol. The molecule has 6 heterocycles. The first kappa shape index (κ1) is 18.3. The highest BCUT2D eigenvalue weighted by molar-refractivity contribution is 6.29. The second-order valence-corrected chi connectivity index (χ2v) is 7.46. The van der Waals surface area contributed by atoms with Crippen LogP contribution in [0.1, 0.15) is 11.5 Å². The van der Waals surface area contributed by atoms with Crippen LogP contribution in [0.4, 0.5) is 0 Å². The van der Waals surface area contributed by atoms with Crippen molar-refractivity contribution in [3.8, 4) is 23.0 Å². The molecule has 0 N–H and O–H groups in total. The van der Waals surface area contributed by atoms with Gasteiger partial charge in [0.05, 0.1) is 23.7 Å². The highest BCUT2D eigenvalue weighted by atomic mass is 16.4. The van der Waals surface area contributed by atoms with Crippen LogP contribution < -0.4 is 0 Å². The molecule has 0 radical (unpaired) electrons. The van der Waals surface area contributed by atoms with E-state index in [-0.39, 0.29) is 23.0 Å². The Morgan fingerprint density at radius 1 is 0.562 bits per heavy atom. The van der Waals surface area contributed by atoms with Crippen molar-refractivity contribution in [3.63, 3.8) is 0 Å². The summed E-state index contributed by atoms with van der Waals surface area (Å²) in [4.78, 5) is 29.3. The van der Waals surface area contributed by atoms with E-state index in [1.54, 1.807) is 75.2 Å². The minimum atomic E-state index is -0.311. The molecule has 6 rings (SSSR count). The zero-order chi connectivity index (χ0) is 22.0. The molecule has 0 atom stereocenters. The van der Waals surface area contributed by atoms with Crippen LogP contribution in [0.3, 0.4) is 0 Å². The number of hydrogen-bond donors (Lipinski definition) is 0. The molecule has 0 unspecified atom stereocenters. The molecule has 0 aromatic carbocycles. The third kappa shape index (κ3) is 2.43. The first-order valence-electron chi connectivity index (χ1n) is 9.88. The lowest BCUT2D eigenvalue weighted by Gasteiger charge is -2.17. The van der Waals surface area contributed by atoms with Crippen molar-refractivity contribution in [1.82, 2.24) is 9.80 Å². The van der Waals surface area contributed by atoms with Gasteiger partial charge in [-0.2, -0.15) is 0 Å². The third-order valence-electron chi connectivity index (χ3n) is 5.64. The molecule has 8 nitrogen and oxygen atoms in total. The maximum atomic E-state index is 13.2. The standard InChI is InChI=1S/C24H16N2O6/c1-25-21(17-9-7-15(31-17)13-5-3-11-29-13)19-20(23(25)27)22(26(2)24(19)28)18-10-8-16(32-18)14-6-4-12-30-14/h3-12H,1-2H3. The zero-order valence-corrected chi connectivity index (χ0v) is 17.1. The molecule has 32 heavy (non-hydrogen) atoms. The Bertz CT molecular complexity index is 1320. The Labute approximate surface area is 181 Å². The summed E-state index contributed by atoms with van der Waals surface area (Å²) in [6, 6.07) is 14.0. The van der Waals surface area contributed by atoms with Crippen LogP contribution in [-0.2, 0) is 9.59 Å². The van der Waals surface area contributed by atoms with Gasteiger partial charge < -0.3 is 27.5 Å². The van der Waals surface area contributed by atoms with Gasteiger partial charge in [-0.05, 0) is 48.5 Å². The van der Waals surface area contributed by atoms with Crippen molar-refractivity contribution in [2.75, 3.05) is 14.1 Å². The van der Waals surface area contributed by atoms with Crippen molar-refractivity contribution in [3.05, 3.63) is 83.7 Å². The molecule has 8 heteroatoms. The largest absolute Gasteiger partial charge is 0.461 e. The van der Waals surface area contributed by atoms with Gasteiger partial charge >= 0.3 is 0 Å². The zero-order valence-electron chi connectivity index (χ0n) is 17.1. The maximum absolute atomic E-state index is 13.2. The van der Waals surface area contributed by atoms with E-state index in [1.165, 1.54) is 9.80 Å². The fraction of sp³-hybridized carbons (Fsp3) is 0.0833. The van der Waals surface area contributed by atoms with Crippen LogP contribution in [0.25, 0.3) is 34.4 Å². The van der Waals surface area contributed by atoms with Crippen molar-refractivity contribution in [2.24, 2.45) is 0 Å². The van der Waals surface area contributed by atoms with Crippen LogP contribution in [-0.4, -0.2) is 35.7 Å². The van der Waals surface area contributed by atoms with Crippen LogP contribution in [0.2, 0.25) is 0 Å². The molecule has 2 amide bonds. The quantitative estimate of drug-likeness (QED) is 0.477. The molecule has 0 saturated heterocycles. The average molecular weight is 428 g/mol. The smallest absolute Gasteiger partial charge is 0.261 e. The fourth-order valence-corrected chi connectivity index (χ4v) is 4.14. The van der Waals surface area contributed by atoms with E-state index in [0.29, 0.717) is 46.0 Å². The van der Waals surface area contributed by atoms with E-state index in [9.17, 15) is 9.59 Å². The number of carbonyl (C=O) groups is 2. The van der Waals surface area contributed by atoms with Gasteiger partial charge in [0, 0.05) is 14.1 Å². The molecule has 4 aromatic heterocycles. The first-order valence-corrected chi connectivity index (χ1v) is 9.88. The molecule has 4 aromatic rings. The van der Waals surface area contributed by atoms with Crippen LogP contribution in [0.5, 0.6) is 0 Å². The fourth-order valence-electron chi connectivity index (χ4n) is 4.14. The first-order chi connectivity index (χ1) is 15.5. The normalized spacial score (nSPS) is 16.2. The number of fused-ring (bicyclic) bond motifs is 1. The summed E-state index contributed by atoms with van der Waals surface area (Å²) in [7, 11) is 3.23.